The summed E-state index contributed by atoms with van der Waals surface area (Å²) in [6, 6.07) is 5.73. The summed E-state index contributed by atoms with van der Waals surface area (Å²) in [4.78, 5) is 4.00. The van der Waals surface area contributed by atoms with E-state index in [1.807, 2.05) is 18.2 Å². The maximum Gasteiger partial charge on any atom is 0.125 e. The number of halogens is 1. The summed E-state index contributed by atoms with van der Waals surface area (Å²) in [5.41, 5.74) is 0.991. The highest BCUT2D eigenvalue weighted by molar-refractivity contribution is 6.31. The molecule has 2 heterocycles. The van der Waals surface area contributed by atoms with Crippen LogP contribution in [-0.2, 0) is 0 Å². The number of hydrogen-bond donors (Lipinski definition) is 1. The van der Waals surface area contributed by atoms with Crippen molar-refractivity contribution in [1.82, 2.24) is 10.3 Å². The number of nitrogens with one attached hydrogen (secondary N) is 1. The summed E-state index contributed by atoms with van der Waals surface area (Å²) < 4.78 is 5.46. The molecule has 0 aliphatic carbocycles. The van der Waals surface area contributed by atoms with Gasteiger partial charge < -0.3 is 9.73 Å². The van der Waals surface area contributed by atoms with Gasteiger partial charge >= 0.3 is 0 Å². The fourth-order valence-corrected chi connectivity index (χ4v) is 1.96. The first kappa shape index (κ1) is 12.1. The van der Waals surface area contributed by atoms with E-state index in [9.17, 15) is 0 Å². The molecule has 1 unspecified atom stereocenters. The van der Waals surface area contributed by atoms with Gasteiger partial charge in [0.1, 0.15) is 5.76 Å². The third-order valence-electron chi connectivity index (χ3n) is 2.54. The van der Waals surface area contributed by atoms with Crippen LogP contribution in [0.15, 0.2) is 41.3 Å². The molecule has 2 aromatic heterocycles. The molecule has 2 aromatic rings. The van der Waals surface area contributed by atoms with Gasteiger partial charge in [-0.15, -0.1) is 0 Å². The van der Waals surface area contributed by atoms with Crippen LogP contribution < -0.4 is 5.32 Å². The van der Waals surface area contributed by atoms with Crippen LogP contribution in [0, 0.1) is 0 Å². The maximum atomic E-state index is 6.17. The molecule has 0 aromatic carbocycles. The number of aromatic nitrogens is 1. The van der Waals surface area contributed by atoms with Gasteiger partial charge in [-0.25, -0.2) is 0 Å². The molecule has 90 valence electrons. The quantitative estimate of drug-likeness (QED) is 0.884. The van der Waals surface area contributed by atoms with Gasteiger partial charge in [-0.1, -0.05) is 18.5 Å². The highest BCUT2D eigenvalue weighted by atomic mass is 35.5. The highest BCUT2D eigenvalue weighted by Gasteiger charge is 2.18. The zero-order valence-electron chi connectivity index (χ0n) is 9.69. The molecule has 0 aliphatic rings. The van der Waals surface area contributed by atoms with Crippen molar-refractivity contribution >= 4 is 11.6 Å². The van der Waals surface area contributed by atoms with Crippen molar-refractivity contribution in [3.8, 4) is 0 Å². The summed E-state index contributed by atoms with van der Waals surface area (Å²) in [6.07, 6.45) is 6.12. The lowest BCUT2D eigenvalue weighted by Crippen LogP contribution is -2.23. The van der Waals surface area contributed by atoms with Crippen molar-refractivity contribution in [3.63, 3.8) is 0 Å². The van der Waals surface area contributed by atoms with Gasteiger partial charge in [0.15, 0.2) is 0 Å². The standard InChI is InChI=1S/C13H15ClN2O/c1-2-6-16-13(12-4-3-8-17-12)10-5-7-15-9-11(10)14/h3-5,7-9,13,16H,2,6H2,1H3. The number of hydrogen-bond acceptors (Lipinski definition) is 3. The lowest BCUT2D eigenvalue weighted by molar-refractivity contribution is 0.446. The molecule has 0 saturated heterocycles. The molecule has 0 saturated carbocycles. The zero-order valence-corrected chi connectivity index (χ0v) is 10.4. The molecule has 0 fully saturated rings. The molecular formula is C13H15ClN2O. The van der Waals surface area contributed by atoms with Gasteiger partial charge in [0.05, 0.1) is 17.3 Å². The number of pyridine rings is 1. The monoisotopic (exact) mass is 250 g/mol. The van der Waals surface area contributed by atoms with Gasteiger partial charge in [-0.3, -0.25) is 4.98 Å². The minimum absolute atomic E-state index is 0.0135. The Morgan fingerprint density at radius 3 is 3.00 bits per heavy atom. The second kappa shape index (κ2) is 5.84. The molecule has 0 amide bonds. The summed E-state index contributed by atoms with van der Waals surface area (Å²) in [6.45, 7) is 3.03. The van der Waals surface area contributed by atoms with Gasteiger partial charge in [0, 0.05) is 12.4 Å². The summed E-state index contributed by atoms with van der Waals surface area (Å²) >= 11 is 6.17. The second-order valence-electron chi connectivity index (χ2n) is 3.80. The molecule has 1 atom stereocenters. The van der Waals surface area contributed by atoms with E-state index in [4.69, 9.17) is 16.0 Å². The average Bonchev–Trinajstić information content (AvgIpc) is 2.85. The number of furan rings is 1. The topological polar surface area (TPSA) is 38.1 Å². The van der Waals surface area contributed by atoms with E-state index in [-0.39, 0.29) is 6.04 Å². The first-order valence-corrected chi connectivity index (χ1v) is 6.07. The van der Waals surface area contributed by atoms with Gasteiger partial charge in [0.25, 0.3) is 0 Å². The molecule has 17 heavy (non-hydrogen) atoms. The van der Waals surface area contributed by atoms with Gasteiger partial charge in [-0.2, -0.15) is 0 Å². The SMILES string of the molecule is CCCNC(c1ccco1)c1ccncc1Cl. The first-order valence-electron chi connectivity index (χ1n) is 5.69. The normalized spacial score (nSPS) is 12.6. The van der Waals surface area contributed by atoms with Gasteiger partial charge in [0.2, 0.25) is 0 Å². The Hall–Kier alpha value is -1.32. The third-order valence-corrected chi connectivity index (χ3v) is 2.86. The average molecular weight is 251 g/mol. The minimum Gasteiger partial charge on any atom is -0.467 e. The molecule has 0 radical (unpaired) electrons. The summed E-state index contributed by atoms with van der Waals surface area (Å²) in [5, 5.41) is 4.07. The van der Waals surface area contributed by atoms with E-state index in [0.717, 1.165) is 24.3 Å². The van der Waals surface area contributed by atoms with E-state index < -0.39 is 0 Å². The lowest BCUT2D eigenvalue weighted by atomic mass is 10.1. The Kier molecular flexibility index (Phi) is 4.18. The van der Waals surface area contributed by atoms with Crippen molar-refractivity contribution in [2.45, 2.75) is 19.4 Å². The van der Waals surface area contributed by atoms with Crippen molar-refractivity contribution < 1.29 is 4.42 Å². The molecular weight excluding hydrogens is 236 g/mol. The largest absolute Gasteiger partial charge is 0.467 e. The van der Waals surface area contributed by atoms with Crippen molar-refractivity contribution in [2.24, 2.45) is 0 Å². The van der Waals surface area contributed by atoms with E-state index in [1.165, 1.54) is 0 Å². The Morgan fingerprint density at radius 1 is 1.47 bits per heavy atom. The Morgan fingerprint density at radius 2 is 2.35 bits per heavy atom. The molecule has 0 spiro atoms. The van der Waals surface area contributed by atoms with E-state index in [0.29, 0.717) is 5.02 Å². The molecule has 2 rings (SSSR count). The van der Waals surface area contributed by atoms with Crippen molar-refractivity contribution in [2.75, 3.05) is 6.54 Å². The van der Waals surface area contributed by atoms with Crippen LogP contribution in [0.4, 0.5) is 0 Å². The van der Waals surface area contributed by atoms with Crippen LogP contribution in [-0.4, -0.2) is 11.5 Å². The van der Waals surface area contributed by atoms with E-state index >= 15 is 0 Å². The summed E-state index contributed by atoms with van der Waals surface area (Å²) in [7, 11) is 0. The molecule has 0 bridgehead atoms. The van der Waals surface area contributed by atoms with Crippen LogP contribution >= 0.6 is 11.6 Å². The molecule has 0 aliphatic heterocycles. The third kappa shape index (κ3) is 2.87. The van der Waals surface area contributed by atoms with Crippen molar-refractivity contribution in [1.29, 1.82) is 0 Å². The van der Waals surface area contributed by atoms with Crippen LogP contribution in [0.2, 0.25) is 5.02 Å². The second-order valence-corrected chi connectivity index (χ2v) is 4.21. The molecule has 3 nitrogen and oxygen atoms in total. The van der Waals surface area contributed by atoms with Crippen molar-refractivity contribution in [3.05, 3.63) is 53.2 Å². The summed E-state index contributed by atoms with van der Waals surface area (Å²) in [5.74, 6) is 0.867. The van der Waals surface area contributed by atoms with Crippen LogP contribution in [0.5, 0.6) is 0 Å². The Bertz CT molecular complexity index is 456. The highest BCUT2D eigenvalue weighted by Crippen LogP contribution is 2.27. The van der Waals surface area contributed by atoms with Gasteiger partial charge in [-0.05, 0) is 36.7 Å². The predicted molar refractivity (Wildman–Crippen MR) is 68.1 cm³/mol. The molecule has 1 N–H and O–H groups in total. The fourth-order valence-electron chi connectivity index (χ4n) is 1.73. The fraction of sp³-hybridized carbons (Fsp3) is 0.308. The van der Waals surface area contributed by atoms with E-state index in [1.54, 1.807) is 18.7 Å². The van der Waals surface area contributed by atoms with Crippen LogP contribution in [0.1, 0.15) is 30.7 Å². The van der Waals surface area contributed by atoms with E-state index in [2.05, 4.69) is 17.2 Å². The predicted octanol–water partition coefficient (Wildman–Crippen LogP) is 3.42. The maximum absolute atomic E-state index is 6.17. The van der Waals surface area contributed by atoms with Crippen LogP contribution in [0.3, 0.4) is 0 Å². The Labute approximate surface area is 106 Å². The minimum atomic E-state index is -0.0135. The van der Waals surface area contributed by atoms with Crippen LogP contribution in [0.25, 0.3) is 0 Å². The Balaban J connectivity index is 2.30. The molecule has 4 heteroatoms. The first-order chi connectivity index (χ1) is 8.33. The lowest BCUT2D eigenvalue weighted by Gasteiger charge is -2.17. The number of nitrogens with zero attached hydrogens (tertiary/aromatic N) is 1. The number of rotatable bonds is 5. The smallest absolute Gasteiger partial charge is 0.125 e. The zero-order chi connectivity index (χ0) is 12.1.